The van der Waals surface area contributed by atoms with Crippen molar-refractivity contribution < 1.29 is 0 Å². The Morgan fingerprint density at radius 3 is 2.73 bits per heavy atom. The molecule has 0 fully saturated rings. The molecule has 0 heterocycles. The Labute approximate surface area is 93.3 Å². The molecule has 0 aliphatic heterocycles. The van der Waals surface area contributed by atoms with Crippen molar-refractivity contribution in [1.82, 2.24) is 0 Å². The maximum atomic E-state index is 3.83. The molecule has 0 aliphatic carbocycles. The molecular formula is C15H20. The van der Waals surface area contributed by atoms with Crippen LogP contribution in [0.25, 0.3) is 5.57 Å². The van der Waals surface area contributed by atoms with E-state index in [1.54, 1.807) is 0 Å². The molecule has 0 aromatic heterocycles. The highest BCUT2D eigenvalue weighted by molar-refractivity contribution is 5.73. The molecule has 0 spiro atoms. The minimum Gasteiger partial charge on any atom is -0.0985 e. The molecule has 0 N–H and O–H groups in total. The second kappa shape index (κ2) is 5.55. The fourth-order valence-corrected chi connectivity index (χ4v) is 1.66. The highest BCUT2D eigenvalue weighted by Crippen LogP contribution is 2.23. The lowest BCUT2D eigenvalue weighted by atomic mass is 9.94. The summed E-state index contributed by atoms with van der Waals surface area (Å²) in [5.41, 5.74) is 3.89. The molecule has 80 valence electrons. The van der Waals surface area contributed by atoms with Crippen molar-refractivity contribution in [1.29, 1.82) is 0 Å². The predicted molar refractivity (Wildman–Crippen MR) is 69.0 cm³/mol. The molecule has 0 radical (unpaired) electrons. The summed E-state index contributed by atoms with van der Waals surface area (Å²) < 4.78 is 0. The minimum atomic E-state index is 0.632. The minimum absolute atomic E-state index is 0.632. The van der Waals surface area contributed by atoms with Crippen molar-refractivity contribution in [3.63, 3.8) is 0 Å². The fourth-order valence-electron chi connectivity index (χ4n) is 1.66. The molecule has 0 bridgehead atoms. The number of benzene rings is 1. The van der Waals surface area contributed by atoms with Gasteiger partial charge in [-0.1, -0.05) is 56.8 Å². The quantitative estimate of drug-likeness (QED) is 0.613. The number of rotatable bonds is 4. The van der Waals surface area contributed by atoms with Crippen molar-refractivity contribution in [2.24, 2.45) is 0 Å². The molecule has 0 saturated carbocycles. The summed E-state index contributed by atoms with van der Waals surface area (Å²) in [5.74, 6) is 0.632. The second-order valence-electron chi connectivity index (χ2n) is 3.88. The first-order chi connectivity index (χ1) is 7.22. The molecular weight excluding hydrogens is 180 g/mol. The van der Waals surface area contributed by atoms with Crippen LogP contribution >= 0.6 is 0 Å². The van der Waals surface area contributed by atoms with Gasteiger partial charge in [-0.2, -0.15) is 0 Å². The van der Waals surface area contributed by atoms with Gasteiger partial charge < -0.3 is 0 Å². The normalized spacial score (nSPS) is 13.7. The van der Waals surface area contributed by atoms with Gasteiger partial charge in [-0.05, 0) is 36.0 Å². The van der Waals surface area contributed by atoms with Gasteiger partial charge in [0.25, 0.3) is 0 Å². The maximum Gasteiger partial charge on any atom is -0.0185 e. The van der Waals surface area contributed by atoms with Crippen molar-refractivity contribution in [3.8, 4) is 0 Å². The zero-order valence-electron chi connectivity index (χ0n) is 9.96. The molecule has 1 unspecified atom stereocenters. The van der Waals surface area contributed by atoms with Gasteiger partial charge in [0.2, 0.25) is 0 Å². The molecule has 1 atom stereocenters. The third-order valence-electron chi connectivity index (χ3n) is 2.93. The first-order valence-corrected chi connectivity index (χ1v) is 5.62. The maximum absolute atomic E-state index is 3.83. The third kappa shape index (κ3) is 2.82. The van der Waals surface area contributed by atoms with Gasteiger partial charge in [0, 0.05) is 0 Å². The zero-order chi connectivity index (χ0) is 11.3. The highest BCUT2D eigenvalue weighted by atomic mass is 14.1. The fraction of sp³-hybridized carbons (Fsp3) is 0.333. The van der Waals surface area contributed by atoms with E-state index >= 15 is 0 Å². The molecule has 0 nitrogen and oxygen atoms in total. The summed E-state index contributed by atoms with van der Waals surface area (Å²) in [5, 5.41) is 0. The lowest BCUT2D eigenvalue weighted by Gasteiger charge is -2.11. The average molecular weight is 200 g/mol. The zero-order valence-corrected chi connectivity index (χ0v) is 9.96. The summed E-state index contributed by atoms with van der Waals surface area (Å²) >= 11 is 0. The molecule has 1 rings (SSSR count). The van der Waals surface area contributed by atoms with Gasteiger partial charge in [0.05, 0.1) is 0 Å². The SMILES string of the molecule is C=C/C(=C\C)c1cccc(C(C)CC)c1. The first kappa shape index (κ1) is 11.8. The molecule has 0 aliphatic rings. The third-order valence-corrected chi connectivity index (χ3v) is 2.93. The Morgan fingerprint density at radius 1 is 1.47 bits per heavy atom. The Kier molecular flexibility index (Phi) is 4.36. The van der Waals surface area contributed by atoms with Crippen LogP contribution in [-0.2, 0) is 0 Å². The van der Waals surface area contributed by atoms with E-state index in [9.17, 15) is 0 Å². The van der Waals surface area contributed by atoms with Crippen LogP contribution < -0.4 is 0 Å². The van der Waals surface area contributed by atoms with Crippen molar-refractivity contribution in [2.75, 3.05) is 0 Å². The summed E-state index contributed by atoms with van der Waals surface area (Å²) in [7, 11) is 0. The van der Waals surface area contributed by atoms with E-state index in [0.717, 1.165) is 0 Å². The topological polar surface area (TPSA) is 0 Å². The van der Waals surface area contributed by atoms with Crippen LogP contribution in [0.2, 0.25) is 0 Å². The average Bonchev–Trinajstić information content (AvgIpc) is 2.30. The first-order valence-electron chi connectivity index (χ1n) is 5.62. The van der Waals surface area contributed by atoms with E-state index < -0.39 is 0 Å². The van der Waals surface area contributed by atoms with Gasteiger partial charge in [-0.15, -0.1) is 0 Å². The Bertz CT molecular complexity index is 358. The van der Waals surface area contributed by atoms with Gasteiger partial charge in [0.15, 0.2) is 0 Å². The summed E-state index contributed by atoms with van der Waals surface area (Å²) in [6.07, 6.45) is 5.20. The lowest BCUT2D eigenvalue weighted by Crippen LogP contribution is -1.92. The molecule has 1 aromatic rings. The number of hydrogen-bond donors (Lipinski definition) is 0. The second-order valence-corrected chi connectivity index (χ2v) is 3.88. The largest absolute Gasteiger partial charge is 0.0985 e. The van der Waals surface area contributed by atoms with E-state index in [2.05, 4.69) is 50.8 Å². The van der Waals surface area contributed by atoms with Gasteiger partial charge in [-0.3, -0.25) is 0 Å². The summed E-state index contributed by atoms with van der Waals surface area (Å²) in [6.45, 7) is 10.4. The number of hydrogen-bond acceptors (Lipinski definition) is 0. The van der Waals surface area contributed by atoms with E-state index in [1.165, 1.54) is 23.1 Å². The van der Waals surface area contributed by atoms with E-state index in [1.807, 2.05) is 13.0 Å². The molecule has 0 heteroatoms. The van der Waals surface area contributed by atoms with Crippen molar-refractivity contribution in [3.05, 3.63) is 54.1 Å². The van der Waals surface area contributed by atoms with Crippen LogP contribution in [0.15, 0.2) is 43.0 Å². The van der Waals surface area contributed by atoms with E-state index in [4.69, 9.17) is 0 Å². The molecule has 15 heavy (non-hydrogen) atoms. The standard InChI is InChI=1S/C15H20/c1-5-12(4)14-9-8-10-15(11-14)13(6-2)7-3/h6-12H,2,5H2,1,3-4H3/b13-7+. The van der Waals surface area contributed by atoms with Crippen LogP contribution in [0.5, 0.6) is 0 Å². The van der Waals surface area contributed by atoms with Crippen LogP contribution in [0.1, 0.15) is 44.2 Å². The van der Waals surface area contributed by atoms with Gasteiger partial charge in [0.1, 0.15) is 0 Å². The van der Waals surface area contributed by atoms with Crippen molar-refractivity contribution >= 4 is 5.57 Å². The van der Waals surface area contributed by atoms with E-state index in [0.29, 0.717) is 5.92 Å². The smallest absolute Gasteiger partial charge is 0.0185 e. The van der Waals surface area contributed by atoms with Crippen LogP contribution in [0.4, 0.5) is 0 Å². The molecule has 0 amide bonds. The highest BCUT2D eigenvalue weighted by Gasteiger charge is 2.04. The van der Waals surface area contributed by atoms with Crippen LogP contribution in [0.3, 0.4) is 0 Å². The molecule has 1 aromatic carbocycles. The van der Waals surface area contributed by atoms with Gasteiger partial charge in [-0.25, -0.2) is 0 Å². The molecule has 0 saturated heterocycles. The van der Waals surface area contributed by atoms with Gasteiger partial charge >= 0.3 is 0 Å². The monoisotopic (exact) mass is 200 g/mol. The summed E-state index contributed by atoms with van der Waals surface area (Å²) in [6, 6.07) is 8.74. The lowest BCUT2D eigenvalue weighted by molar-refractivity contribution is 0.733. The number of allylic oxidation sites excluding steroid dienone is 3. The van der Waals surface area contributed by atoms with Crippen molar-refractivity contribution in [2.45, 2.75) is 33.1 Å². The Hall–Kier alpha value is -1.30. The van der Waals surface area contributed by atoms with Crippen LogP contribution in [0, 0.1) is 0 Å². The Balaban J connectivity index is 3.07. The van der Waals surface area contributed by atoms with Crippen LogP contribution in [-0.4, -0.2) is 0 Å². The predicted octanol–water partition coefficient (Wildman–Crippen LogP) is 4.79. The Morgan fingerprint density at radius 2 is 2.20 bits per heavy atom. The van der Waals surface area contributed by atoms with E-state index in [-0.39, 0.29) is 0 Å². The summed E-state index contributed by atoms with van der Waals surface area (Å²) in [4.78, 5) is 0.